The third kappa shape index (κ3) is 2.94. The molecule has 0 amide bonds. The van der Waals surface area contributed by atoms with E-state index in [2.05, 4.69) is 37.4 Å². The summed E-state index contributed by atoms with van der Waals surface area (Å²) in [6, 6.07) is 19.4. The highest BCUT2D eigenvalue weighted by Gasteiger charge is 2.41. The predicted octanol–water partition coefficient (Wildman–Crippen LogP) is 6.43. The van der Waals surface area contributed by atoms with Gasteiger partial charge in [-0.2, -0.15) is 0 Å². The molecule has 3 aromatic rings. The van der Waals surface area contributed by atoms with Crippen molar-refractivity contribution in [2.75, 3.05) is 12.4 Å². The van der Waals surface area contributed by atoms with Crippen LogP contribution in [-0.2, 0) is 5.41 Å². The summed E-state index contributed by atoms with van der Waals surface area (Å²) in [4.78, 5) is 11.6. The molecular weight excluding hydrogens is 364 g/mol. The van der Waals surface area contributed by atoms with Crippen LogP contribution in [0.25, 0.3) is 11.1 Å². The van der Waals surface area contributed by atoms with Crippen LogP contribution in [0.2, 0.25) is 0 Å². The van der Waals surface area contributed by atoms with Gasteiger partial charge in [0.25, 0.3) is 5.69 Å². The first kappa shape index (κ1) is 19.0. The van der Waals surface area contributed by atoms with Crippen molar-refractivity contribution < 1.29 is 9.66 Å². The third-order valence-corrected chi connectivity index (χ3v) is 6.16. The molecular formula is C24H24N2O3. The van der Waals surface area contributed by atoms with E-state index in [9.17, 15) is 10.1 Å². The molecule has 29 heavy (non-hydrogen) atoms. The Bertz CT molecular complexity index is 1070. The standard InChI is InChI=1S/C24H24N2O3/c1-4-24(5-2)20-9-7-6-8-18(20)19-14-23(26(27)28)22(15-21(19)24)25-16-10-12-17(29-3)13-11-16/h6-15,25H,4-5H2,1-3H3. The Morgan fingerprint density at radius 2 is 1.66 bits per heavy atom. The number of ether oxygens (including phenoxy) is 1. The van der Waals surface area contributed by atoms with Crippen LogP contribution < -0.4 is 10.1 Å². The summed E-state index contributed by atoms with van der Waals surface area (Å²) in [5.41, 5.74) is 5.73. The Balaban J connectivity index is 1.88. The van der Waals surface area contributed by atoms with Crippen LogP contribution in [0.5, 0.6) is 5.75 Å². The summed E-state index contributed by atoms with van der Waals surface area (Å²) in [5, 5.41) is 15.1. The van der Waals surface area contributed by atoms with E-state index in [0.717, 1.165) is 41.0 Å². The van der Waals surface area contributed by atoms with Crippen molar-refractivity contribution in [1.29, 1.82) is 0 Å². The van der Waals surface area contributed by atoms with E-state index < -0.39 is 0 Å². The molecule has 1 N–H and O–H groups in total. The Hall–Kier alpha value is -3.34. The molecule has 0 atom stereocenters. The van der Waals surface area contributed by atoms with Gasteiger partial charge in [0, 0.05) is 17.2 Å². The minimum Gasteiger partial charge on any atom is -0.497 e. The summed E-state index contributed by atoms with van der Waals surface area (Å²) in [6.45, 7) is 4.38. The zero-order chi connectivity index (χ0) is 20.6. The molecule has 4 rings (SSSR count). The van der Waals surface area contributed by atoms with E-state index in [1.807, 2.05) is 36.4 Å². The van der Waals surface area contributed by atoms with Crippen molar-refractivity contribution in [3.63, 3.8) is 0 Å². The van der Waals surface area contributed by atoms with Gasteiger partial charge in [0.1, 0.15) is 11.4 Å². The molecule has 0 bridgehead atoms. The molecule has 0 saturated carbocycles. The Morgan fingerprint density at radius 1 is 0.966 bits per heavy atom. The monoisotopic (exact) mass is 388 g/mol. The SMILES string of the molecule is CCC1(CC)c2ccccc2-c2cc([N+](=O)[O-])c(Nc3ccc(OC)cc3)cc21. The highest BCUT2D eigenvalue weighted by atomic mass is 16.6. The van der Waals surface area contributed by atoms with Crippen molar-refractivity contribution in [2.24, 2.45) is 0 Å². The second-order valence-electron chi connectivity index (χ2n) is 7.36. The largest absolute Gasteiger partial charge is 0.497 e. The van der Waals surface area contributed by atoms with Crippen molar-refractivity contribution in [3.05, 3.63) is 81.9 Å². The van der Waals surface area contributed by atoms with Crippen molar-refractivity contribution >= 4 is 17.1 Å². The first-order valence-electron chi connectivity index (χ1n) is 9.88. The molecule has 148 valence electrons. The van der Waals surface area contributed by atoms with E-state index in [1.54, 1.807) is 13.2 Å². The Labute approximate surface area is 170 Å². The van der Waals surface area contributed by atoms with Gasteiger partial charge in [-0.25, -0.2) is 0 Å². The first-order valence-corrected chi connectivity index (χ1v) is 9.88. The number of nitrogens with zero attached hydrogens (tertiary/aromatic N) is 1. The van der Waals surface area contributed by atoms with Crippen LogP contribution in [0.1, 0.15) is 37.8 Å². The van der Waals surface area contributed by atoms with E-state index in [-0.39, 0.29) is 16.0 Å². The number of anilines is 2. The maximum Gasteiger partial charge on any atom is 0.293 e. The van der Waals surface area contributed by atoms with Gasteiger partial charge in [0.05, 0.1) is 12.0 Å². The molecule has 1 aliphatic rings. The van der Waals surface area contributed by atoms with Crippen LogP contribution in [0.3, 0.4) is 0 Å². The minimum absolute atomic E-state index is 0.0809. The molecule has 3 aromatic carbocycles. The highest BCUT2D eigenvalue weighted by molar-refractivity contribution is 5.87. The number of methoxy groups -OCH3 is 1. The first-order chi connectivity index (χ1) is 14.0. The molecule has 0 heterocycles. The maximum atomic E-state index is 11.9. The van der Waals surface area contributed by atoms with Gasteiger partial charge >= 0.3 is 0 Å². The van der Waals surface area contributed by atoms with E-state index in [0.29, 0.717) is 5.69 Å². The summed E-state index contributed by atoms with van der Waals surface area (Å²) in [5.74, 6) is 0.741. The predicted molar refractivity (Wildman–Crippen MR) is 116 cm³/mol. The number of nitro groups is 1. The maximum absolute atomic E-state index is 11.9. The average molecular weight is 388 g/mol. The molecule has 0 aromatic heterocycles. The molecule has 5 heteroatoms. The Morgan fingerprint density at radius 3 is 2.28 bits per heavy atom. The number of hydrogen-bond acceptors (Lipinski definition) is 4. The lowest BCUT2D eigenvalue weighted by atomic mass is 9.74. The lowest BCUT2D eigenvalue weighted by Crippen LogP contribution is -2.23. The van der Waals surface area contributed by atoms with Crippen LogP contribution >= 0.6 is 0 Å². The number of fused-ring (bicyclic) bond motifs is 3. The van der Waals surface area contributed by atoms with Crippen LogP contribution in [0.15, 0.2) is 60.7 Å². The molecule has 0 radical (unpaired) electrons. The molecule has 1 aliphatic carbocycles. The number of hydrogen-bond donors (Lipinski definition) is 1. The number of rotatable bonds is 6. The van der Waals surface area contributed by atoms with Gasteiger partial charge < -0.3 is 10.1 Å². The summed E-state index contributed by atoms with van der Waals surface area (Å²) < 4.78 is 5.20. The summed E-state index contributed by atoms with van der Waals surface area (Å²) >= 11 is 0. The second-order valence-corrected chi connectivity index (χ2v) is 7.36. The van der Waals surface area contributed by atoms with Gasteiger partial charge in [-0.1, -0.05) is 38.1 Å². The van der Waals surface area contributed by atoms with Gasteiger partial charge in [-0.3, -0.25) is 10.1 Å². The van der Waals surface area contributed by atoms with Crippen LogP contribution in [0.4, 0.5) is 17.1 Å². The molecule has 0 spiro atoms. The third-order valence-electron chi connectivity index (χ3n) is 6.16. The normalized spacial score (nSPS) is 13.5. The highest BCUT2D eigenvalue weighted by Crippen LogP contribution is 2.54. The summed E-state index contributed by atoms with van der Waals surface area (Å²) in [6.07, 6.45) is 1.88. The van der Waals surface area contributed by atoms with Crippen molar-refractivity contribution in [3.8, 4) is 16.9 Å². The quantitative estimate of drug-likeness (QED) is 0.390. The second kappa shape index (κ2) is 7.24. The fourth-order valence-electron chi connectivity index (χ4n) is 4.58. The molecule has 0 unspecified atom stereocenters. The van der Waals surface area contributed by atoms with Gasteiger partial charge in [-0.15, -0.1) is 0 Å². The lowest BCUT2D eigenvalue weighted by molar-refractivity contribution is -0.383. The minimum atomic E-state index is -0.313. The smallest absolute Gasteiger partial charge is 0.293 e. The van der Waals surface area contributed by atoms with Crippen molar-refractivity contribution in [1.82, 2.24) is 0 Å². The lowest BCUT2D eigenvalue weighted by Gasteiger charge is -2.29. The fourth-order valence-corrected chi connectivity index (χ4v) is 4.58. The fraction of sp³-hybridized carbons (Fsp3) is 0.250. The number of benzene rings is 3. The molecule has 0 fully saturated rings. The molecule has 5 nitrogen and oxygen atoms in total. The van der Waals surface area contributed by atoms with Crippen LogP contribution in [0, 0.1) is 10.1 Å². The summed E-state index contributed by atoms with van der Waals surface area (Å²) in [7, 11) is 1.61. The zero-order valence-electron chi connectivity index (χ0n) is 16.9. The van der Waals surface area contributed by atoms with Crippen molar-refractivity contribution in [2.45, 2.75) is 32.1 Å². The zero-order valence-corrected chi connectivity index (χ0v) is 16.9. The van der Waals surface area contributed by atoms with Gasteiger partial charge in [0.15, 0.2) is 0 Å². The number of nitrogens with one attached hydrogen (secondary N) is 1. The molecule has 0 aliphatic heterocycles. The Kier molecular flexibility index (Phi) is 4.74. The molecule has 0 saturated heterocycles. The van der Waals surface area contributed by atoms with E-state index >= 15 is 0 Å². The average Bonchev–Trinajstić information content (AvgIpc) is 3.03. The number of nitro benzene ring substituents is 1. The van der Waals surface area contributed by atoms with Gasteiger partial charge in [0.2, 0.25) is 0 Å². The van der Waals surface area contributed by atoms with E-state index in [1.165, 1.54) is 5.56 Å². The van der Waals surface area contributed by atoms with E-state index in [4.69, 9.17) is 4.74 Å². The topological polar surface area (TPSA) is 64.4 Å². The van der Waals surface area contributed by atoms with Crippen LogP contribution in [-0.4, -0.2) is 12.0 Å². The van der Waals surface area contributed by atoms with Gasteiger partial charge in [-0.05, 0) is 65.4 Å².